The number of furan rings is 1. The van der Waals surface area contributed by atoms with Crippen LogP contribution in [-0.4, -0.2) is 31.3 Å². The molecule has 1 N–H and O–H groups in total. The van der Waals surface area contributed by atoms with Gasteiger partial charge in [0.25, 0.3) is 5.91 Å². The molecule has 1 saturated heterocycles. The summed E-state index contributed by atoms with van der Waals surface area (Å²) in [6.07, 6.45) is 3.52. The summed E-state index contributed by atoms with van der Waals surface area (Å²) in [4.78, 5) is 12.1. The summed E-state index contributed by atoms with van der Waals surface area (Å²) in [5.74, 6) is -0.144. The predicted octanol–water partition coefficient (Wildman–Crippen LogP) is 2.38. The molecule has 1 fully saturated rings. The predicted molar refractivity (Wildman–Crippen MR) is 80.4 cm³/mol. The second kappa shape index (κ2) is 7.24. The monoisotopic (exact) mass is 301 g/mol. The third-order valence-electron chi connectivity index (χ3n) is 3.71. The fourth-order valence-corrected chi connectivity index (χ4v) is 2.46. The molecular weight excluding hydrogens is 282 g/mol. The van der Waals surface area contributed by atoms with Crippen LogP contribution in [0.4, 0.5) is 0 Å². The average molecular weight is 301 g/mol. The minimum Gasteiger partial charge on any atom is -0.472 e. The first-order valence-corrected chi connectivity index (χ1v) is 7.39. The van der Waals surface area contributed by atoms with Crippen molar-refractivity contribution in [1.29, 1.82) is 0 Å². The van der Waals surface area contributed by atoms with Gasteiger partial charge in [0.05, 0.1) is 31.1 Å². The number of carbonyl (C=O) groups excluding carboxylic acids is 1. The molecule has 0 unspecified atom stereocenters. The molecule has 5 heteroatoms. The van der Waals surface area contributed by atoms with Crippen molar-refractivity contribution in [2.75, 3.05) is 13.2 Å². The van der Waals surface area contributed by atoms with E-state index >= 15 is 0 Å². The van der Waals surface area contributed by atoms with Crippen LogP contribution in [0.5, 0.6) is 0 Å². The third-order valence-corrected chi connectivity index (χ3v) is 3.71. The Morgan fingerprint density at radius 1 is 1.27 bits per heavy atom. The molecular formula is C17H19NO4. The average Bonchev–Trinajstić information content (AvgIpc) is 3.10. The molecule has 1 aliphatic heterocycles. The maximum Gasteiger partial charge on any atom is 0.254 e. The van der Waals surface area contributed by atoms with E-state index < -0.39 is 0 Å². The Morgan fingerprint density at radius 3 is 2.91 bits per heavy atom. The molecule has 2 atom stereocenters. The van der Waals surface area contributed by atoms with Crippen LogP contribution < -0.4 is 5.32 Å². The van der Waals surface area contributed by atoms with Crippen molar-refractivity contribution in [2.45, 2.75) is 25.2 Å². The van der Waals surface area contributed by atoms with Crippen molar-refractivity contribution in [2.24, 2.45) is 0 Å². The number of carbonyl (C=O) groups is 1. The molecule has 0 saturated carbocycles. The van der Waals surface area contributed by atoms with E-state index in [0.29, 0.717) is 25.4 Å². The lowest BCUT2D eigenvalue weighted by molar-refractivity contribution is -0.0736. The number of amides is 1. The van der Waals surface area contributed by atoms with Gasteiger partial charge in [0.1, 0.15) is 12.4 Å². The van der Waals surface area contributed by atoms with E-state index in [2.05, 4.69) is 5.32 Å². The summed E-state index contributed by atoms with van der Waals surface area (Å²) < 4.78 is 16.4. The Kier molecular flexibility index (Phi) is 4.88. The highest BCUT2D eigenvalue weighted by Gasteiger charge is 2.28. The summed E-state index contributed by atoms with van der Waals surface area (Å²) in [6, 6.07) is 11.6. The van der Waals surface area contributed by atoms with Gasteiger partial charge in [-0.15, -0.1) is 0 Å². The minimum atomic E-state index is -0.148. The first kappa shape index (κ1) is 14.8. The molecule has 2 heterocycles. The van der Waals surface area contributed by atoms with Crippen molar-refractivity contribution >= 4 is 5.91 Å². The Morgan fingerprint density at radius 2 is 2.14 bits per heavy atom. The number of nitrogens with one attached hydrogen (secondary N) is 1. The molecule has 1 aromatic carbocycles. The highest BCUT2D eigenvalue weighted by molar-refractivity contribution is 5.94. The van der Waals surface area contributed by atoms with Gasteiger partial charge in [0.2, 0.25) is 0 Å². The first-order valence-electron chi connectivity index (χ1n) is 7.39. The molecule has 3 rings (SSSR count). The van der Waals surface area contributed by atoms with Crippen molar-refractivity contribution in [3.8, 4) is 0 Å². The second-order valence-corrected chi connectivity index (χ2v) is 5.29. The lowest BCUT2D eigenvalue weighted by Crippen LogP contribution is -2.49. The van der Waals surface area contributed by atoms with Crippen LogP contribution in [0.15, 0.2) is 53.3 Å². The second-order valence-electron chi connectivity index (χ2n) is 5.29. The molecule has 22 heavy (non-hydrogen) atoms. The largest absolute Gasteiger partial charge is 0.472 e. The Balaban J connectivity index is 1.57. The van der Waals surface area contributed by atoms with Crippen LogP contribution in [0.2, 0.25) is 0 Å². The van der Waals surface area contributed by atoms with Gasteiger partial charge in [-0.3, -0.25) is 4.79 Å². The highest BCUT2D eigenvalue weighted by Crippen LogP contribution is 2.15. The van der Waals surface area contributed by atoms with E-state index in [4.69, 9.17) is 13.9 Å². The molecule has 0 radical (unpaired) electrons. The van der Waals surface area contributed by atoms with E-state index in [0.717, 1.165) is 12.0 Å². The molecule has 5 nitrogen and oxygen atoms in total. The van der Waals surface area contributed by atoms with Crippen LogP contribution in [0.3, 0.4) is 0 Å². The van der Waals surface area contributed by atoms with Crippen LogP contribution in [0, 0.1) is 0 Å². The number of ether oxygens (including phenoxy) is 2. The Bertz CT molecular complexity index is 582. The van der Waals surface area contributed by atoms with Gasteiger partial charge in [-0.1, -0.05) is 30.3 Å². The zero-order chi connectivity index (χ0) is 15.2. The first-order chi connectivity index (χ1) is 10.8. The van der Waals surface area contributed by atoms with Crippen LogP contribution in [0.1, 0.15) is 22.3 Å². The van der Waals surface area contributed by atoms with Gasteiger partial charge >= 0.3 is 0 Å². The summed E-state index contributed by atoms with van der Waals surface area (Å²) in [7, 11) is 0. The molecule has 1 amide bonds. The lowest BCUT2D eigenvalue weighted by atomic mass is 10.1. The zero-order valence-electron chi connectivity index (χ0n) is 12.2. The Hall–Kier alpha value is -2.11. The molecule has 1 aliphatic rings. The molecule has 0 spiro atoms. The quantitative estimate of drug-likeness (QED) is 0.921. The van der Waals surface area contributed by atoms with Gasteiger partial charge in [-0.2, -0.15) is 0 Å². The number of hydrogen-bond donors (Lipinski definition) is 1. The van der Waals surface area contributed by atoms with Gasteiger partial charge in [0.15, 0.2) is 0 Å². The summed E-state index contributed by atoms with van der Waals surface area (Å²) >= 11 is 0. The van der Waals surface area contributed by atoms with Gasteiger partial charge in [-0.25, -0.2) is 0 Å². The highest BCUT2D eigenvalue weighted by atomic mass is 16.5. The molecule has 1 aromatic heterocycles. The lowest BCUT2D eigenvalue weighted by Gasteiger charge is -2.32. The maximum absolute atomic E-state index is 12.1. The SMILES string of the molecule is O=C(N[C@@H]1CCOC[C@H]1OCc1ccccc1)c1ccoc1. The number of benzene rings is 1. The zero-order valence-corrected chi connectivity index (χ0v) is 12.2. The summed E-state index contributed by atoms with van der Waals surface area (Å²) in [6.45, 7) is 1.62. The fraction of sp³-hybridized carbons (Fsp3) is 0.353. The van der Waals surface area contributed by atoms with E-state index in [9.17, 15) is 4.79 Å². The molecule has 116 valence electrons. The normalized spacial score (nSPS) is 21.5. The van der Waals surface area contributed by atoms with Crippen molar-refractivity contribution in [3.63, 3.8) is 0 Å². The van der Waals surface area contributed by atoms with E-state index in [1.165, 1.54) is 12.5 Å². The third kappa shape index (κ3) is 3.75. The fourth-order valence-electron chi connectivity index (χ4n) is 2.46. The number of hydrogen-bond acceptors (Lipinski definition) is 4. The number of rotatable bonds is 5. The van der Waals surface area contributed by atoms with Crippen LogP contribution >= 0.6 is 0 Å². The van der Waals surface area contributed by atoms with E-state index in [-0.39, 0.29) is 18.1 Å². The standard InChI is InChI=1S/C17H19NO4/c19-17(14-6-8-20-11-14)18-15-7-9-21-12-16(15)22-10-13-4-2-1-3-5-13/h1-6,8,11,15-16H,7,9-10,12H2,(H,18,19)/t15-,16-/m1/s1. The molecule has 0 bridgehead atoms. The topological polar surface area (TPSA) is 60.7 Å². The van der Waals surface area contributed by atoms with Gasteiger partial charge in [0, 0.05) is 6.61 Å². The maximum atomic E-state index is 12.1. The van der Waals surface area contributed by atoms with Crippen molar-refractivity contribution in [3.05, 3.63) is 60.1 Å². The van der Waals surface area contributed by atoms with E-state index in [1.54, 1.807) is 6.07 Å². The van der Waals surface area contributed by atoms with Crippen LogP contribution in [0.25, 0.3) is 0 Å². The molecule has 0 aliphatic carbocycles. The van der Waals surface area contributed by atoms with Crippen molar-refractivity contribution in [1.82, 2.24) is 5.32 Å². The van der Waals surface area contributed by atoms with Crippen molar-refractivity contribution < 1.29 is 18.7 Å². The summed E-state index contributed by atoms with van der Waals surface area (Å²) in [5, 5.41) is 3.00. The van der Waals surface area contributed by atoms with Crippen LogP contribution in [-0.2, 0) is 16.1 Å². The smallest absolute Gasteiger partial charge is 0.254 e. The summed E-state index contributed by atoms with van der Waals surface area (Å²) in [5.41, 5.74) is 1.63. The minimum absolute atomic E-state index is 0.0557. The van der Waals surface area contributed by atoms with Gasteiger partial charge < -0.3 is 19.2 Å². The molecule has 2 aromatic rings. The van der Waals surface area contributed by atoms with Gasteiger partial charge in [-0.05, 0) is 18.1 Å². The van der Waals surface area contributed by atoms with E-state index in [1.807, 2.05) is 30.3 Å². The Labute approximate surface area is 129 Å².